The quantitative estimate of drug-likeness (QED) is 0.788. The van der Waals surface area contributed by atoms with E-state index in [1.165, 1.54) is 5.56 Å². The molecule has 2 atom stereocenters. The summed E-state index contributed by atoms with van der Waals surface area (Å²) >= 11 is 0. The molecule has 2 heteroatoms. The van der Waals surface area contributed by atoms with Gasteiger partial charge >= 0.3 is 0 Å². The van der Waals surface area contributed by atoms with Gasteiger partial charge < -0.3 is 9.84 Å². The summed E-state index contributed by atoms with van der Waals surface area (Å²) in [5.74, 6) is 0.348. The van der Waals surface area contributed by atoms with E-state index in [4.69, 9.17) is 4.74 Å². The molecule has 2 unspecified atom stereocenters. The molecule has 0 fully saturated rings. The van der Waals surface area contributed by atoms with Crippen molar-refractivity contribution in [3.8, 4) is 0 Å². The number of aliphatic hydroxyl groups is 1. The van der Waals surface area contributed by atoms with Crippen LogP contribution in [-0.2, 0) is 11.2 Å². The van der Waals surface area contributed by atoms with Crippen molar-refractivity contribution in [2.24, 2.45) is 5.92 Å². The van der Waals surface area contributed by atoms with Gasteiger partial charge in [0.1, 0.15) is 0 Å². The van der Waals surface area contributed by atoms with E-state index >= 15 is 0 Å². The third-order valence-electron chi connectivity index (χ3n) is 2.97. The fraction of sp³-hybridized carbons (Fsp3) is 0.600. The number of hydrogen-bond acceptors (Lipinski definition) is 2. The minimum Gasteiger partial charge on any atom is -0.390 e. The van der Waals surface area contributed by atoms with Crippen LogP contribution in [0.5, 0.6) is 0 Å². The van der Waals surface area contributed by atoms with Crippen molar-refractivity contribution in [2.75, 3.05) is 6.61 Å². The second kappa shape index (κ2) is 7.46. The van der Waals surface area contributed by atoms with Gasteiger partial charge in [0.25, 0.3) is 0 Å². The summed E-state index contributed by atoms with van der Waals surface area (Å²) in [7, 11) is 0. The minimum atomic E-state index is -0.379. The fourth-order valence-electron chi connectivity index (χ4n) is 2.06. The average Bonchev–Trinajstić information content (AvgIpc) is 2.34. The Balaban J connectivity index is 2.44. The van der Waals surface area contributed by atoms with Crippen LogP contribution in [0.25, 0.3) is 0 Å². The normalized spacial score (nSPS) is 14.9. The van der Waals surface area contributed by atoms with Crippen LogP contribution in [0.4, 0.5) is 0 Å². The summed E-state index contributed by atoms with van der Waals surface area (Å²) in [4.78, 5) is 0. The molecule has 17 heavy (non-hydrogen) atoms. The van der Waals surface area contributed by atoms with Crippen LogP contribution in [0.1, 0.15) is 32.8 Å². The van der Waals surface area contributed by atoms with Gasteiger partial charge in [-0.05, 0) is 31.2 Å². The Hall–Kier alpha value is -0.860. The van der Waals surface area contributed by atoms with E-state index in [0.717, 1.165) is 12.8 Å². The van der Waals surface area contributed by atoms with Crippen LogP contribution >= 0.6 is 0 Å². The predicted octanol–water partition coefficient (Wildman–Crippen LogP) is 3.04. The molecule has 1 aromatic carbocycles. The lowest BCUT2D eigenvalue weighted by atomic mass is 9.96. The molecule has 0 saturated heterocycles. The Labute approximate surface area is 105 Å². The second-order valence-electron chi connectivity index (χ2n) is 4.76. The lowest BCUT2D eigenvalue weighted by molar-refractivity contribution is -0.0593. The van der Waals surface area contributed by atoms with Crippen molar-refractivity contribution in [1.29, 1.82) is 0 Å². The highest BCUT2D eigenvalue weighted by molar-refractivity contribution is 5.14. The lowest BCUT2D eigenvalue weighted by Crippen LogP contribution is -2.34. The highest BCUT2D eigenvalue weighted by Gasteiger charge is 2.22. The van der Waals surface area contributed by atoms with E-state index in [2.05, 4.69) is 26.0 Å². The van der Waals surface area contributed by atoms with Gasteiger partial charge in [-0.1, -0.05) is 44.2 Å². The van der Waals surface area contributed by atoms with E-state index < -0.39 is 0 Å². The predicted molar refractivity (Wildman–Crippen MR) is 71.0 cm³/mol. The van der Waals surface area contributed by atoms with Gasteiger partial charge in [-0.2, -0.15) is 0 Å². The number of aryl methyl sites for hydroxylation is 1. The molecular formula is C15H24O2. The topological polar surface area (TPSA) is 29.5 Å². The third kappa shape index (κ3) is 4.88. The highest BCUT2D eigenvalue weighted by atomic mass is 16.5. The Kier molecular flexibility index (Phi) is 6.23. The standard InChI is InChI=1S/C15H24O2/c1-4-17-15(12(2)3)14(16)11-10-13-8-6-5-7-9-13/h5-9,12,14-16H,4,10-11H2,1-3H3. The van der Waals surface area contributed by atoms with Gasteiger partial charge in [0.05, 0.1) is 12.2 Å². The van der Waals surface area contributed by atoms with Gasteiger partial charge in [0.15, 0.2) is 0 Å². The van der Waals surface area contributed by atoms with Crippen molar-refractivity contribution < 1.29 is 9.84 Å². The van der Waals surface area contributed by atoms with Gasteiger partial charge in [0, 0.05) is 6.61 Å². The summed E-state index contributed by atoms with van der Waals surface area (Å²) in [6, 6.07) is 10.3. The molecule has 0 aliphatic rings. The first-order valence-electron chi connectivity index (χ1n) is 6.48. The second-order valence-corrected chi connectivity index (χ2v) is 4.76. The Morgan fingerprint density at radius 2 is 1.82 bits per heavy atom. The van der Waals surface area contributed by atoms with E-state index in [1.54, 1.807) is 0 Å². The van der Waals surface area contributed by atoms with Crippen LogP contribution in [0, 0.1) is 5.92 Å². The summed E-state index contributed by atoms with van der Waals surface area (Å²) in [6.45, 7) is 6.81. The molecule has 2 nitrogen and oxygen atoms in total. The molecule has 0 aliphatic heterocycles. The van der Waals surface area contributed by atoms with E-state index in [-0.39, 0.29) is 12.2 Å². The van der Waals surface area contributed by atoms with Crippen LogP contribution < -0.4 is 0 Å². The molecule has 0 spiro atoms. The van der Waals surface area contributed by atoms with Crippen LogP contribution in [0.15, 0.2) is 30.3 Å². The summed E-state index contributed by atoms with van der Waals surface area (Å²) in [5, 5.41) is 10.1. The van der Waals surface area contributed by atoms with E-state index in [9.17, 15) is 5.11 Å². The summed E-state index contributed by atoms with van der Waals surface area (Å²) in [6.07, 6.45) is 1.23. The van der Waals surface area contributed by atoms with Gasteiger partial charge in [-0.15, -0.1) is 0 Å². The molecule has 1 N–H and O–H groups in total. The third-order valence-corrected chi connectivity index (χ3v) is 2.97. The first-order valence-corrected chi connectivity index (χ1v) is 6.48. The van der Waals surface area contributed by atoms with E-state index in [1.807, 2.05) is 25.1 Å². The van der Waals surface area contributed by atoms with Crippen molar-refractivity contribution >= 4 is 0 Å². The Morgan fingerprint density at radius 1 is 1.18 bits per heavy atom. The Morgan fingerprint density at radius 3 is 2.35 bits per heavy atom. The summed E-state index contributed by atoms with van der Waals surface area (Å²) in [5.41, 5.74) is 1.27. The summed E-state index contributed by atoms with van der Waals surface area (Å²) < 4.78 is 5.60. The molecule has 0 heterocycles. The van der Waals surface area contributed by atoms with Gasteiger partial charge in [-0.3, -0.25) is 0 Å². The maximum atomic E-state index is 10.1. The number of ether oxygens (including phenoxy) is 1. The molecular weight excluding hydrogens is 212 g/mol. The minimum absolute atomic E-state index is 0.0521. The number of benzene rings is 1. The molecule has 0 amide bonds. The number of hydrogen-bond donors (Lipinski definition) is 1. The zero-order chi connectivity index (χ0) is 12.7. The van der Waals surface area contributed by atoms with Crippen molar-refractivity contribution in [1.82, 2.24) is 0 Å². The maximum absolute atomic E-state index is 10.1. The van der Waals surface area contributed by atoms with E-state index in [0.29, 0.717) is 12.5 Å². The smallest absolute Gasteiger partial charge is 0.0856 e. The molecule has 96 valence electrons. The molecule has 0 radical (unpaired) electrons. The zero-order valence-electron chi connectivity index (χ0n) is 11.1. The first-order chi connectivity index (χ1) is 8.15. The lowest BCUT2D eigenvalue weighted by Gasteiger charge is -2.26. The molecule has 0 saturated carbocycles. The largest absolute Gasteiger partial charge is 0.390 e. The number of aliphatic hydroxyl groups excluding tert-OH is 1. The maximum Gasteiger partial charge on any atom is 0.0856 e. The number of rotatable bonds is 7. The SMILES string of the molecule is CCOC(C(C)C)C(O)CCc1ccccc1. The first kappa shape index (κ1) is 14.2. The zero-order valence-corrected chi connectivity index (χ0v) is 11.1. The fourth-order valence-corrected chi connectivity index (χ4v) is 2.06. The highest BCUT2D eigenvalue weighted by Crippen LogP contribution is 2.16. The van der Waals surface area contributed by atoms with Crippen LogP contribution in [0.3, 0.4) is 0 Å². The van der Waals surface area contributed by atoms with Crippen molar-refractivity contribution in [3.05, 3.63) is 35.9 Å². The molecule has 1 rings (SSSR count). The molecule has 1 aromatic rings. The van der Waals surface area contributed by atoms with Crippen molar-refractivity contribution in [2.45, 2.75) is 45.8 Å². The van der Waals surface area contributed by atoms with Crippen LogP contribution in [-0.4, -0.2) is 23.9 Å². The Bertz CT molecular complexity index is 295. The molecule has 0 aliphatic carbocycles. The average molecular weight is 236 g/mol. The van der Waals surface area contributed by atoms with Gasteiger partial charge in [0.2, 0.25) is 0 Å². The van der Waals surface area contributed by atoms with Crippen LogP contribution in [0.2, 0.25) is 0 Å². The monoisotopic (exact) mass is 236 g/mol. The van der Waals surface area contributed by atoms with Gasteiger partial charge in [-0.25, -0.2) is 0 Å². The molecule has 0 bridgehead atoms. The van der Waals surface area contributed by atoms with Crippen molar-refractivity contribution in [3.63, 3.8) is 0 Å². The molecule has 0 aromatic heterocycles.